The zero-order valence-electron chi connectivity index (χ0n) is 17.6. The number of hydrogen-bond donors (Lipinski definition) is 2. The quantitative estimate of drug-likeness (QED) is 0.217. The molecule has 0 aliphatic heterocycles. The predicted molar refractivity (Wildman–Crippen MR) is 127 cm³/mol. The van der Waals surface area contributed by atoms with Gasteiger partial charge in [0.25, 0.3) is 0 Å². The van der Waals surface area contributed by atoms with Crippen molar-refractivity contribution in [3.8, 4) is 5.75 Å². The number of imidazole rings is 1. The highest BCUT2D eigenvalue weighted by Gasteiger charge is 2.15. The number of benzene rings is 2. The number of nitrogens with zero attached hydrogens (tertiary/aromatic N) is 2. The molecule has 2 N–H and O–H groups in total. The monoisotopic (exact) mass is 458 g/mol. The second-order valence-electron chi connectivity index (χ2n) is 7.21. The third-order valence-electron chi connectivity index (χ3n) is 4.91. The number of rotatable bonds is 11. The smallest absolute Gasteiger partial charge is 0.335 e. The summed E-state index contributed by atoms with van der Waals surface area (Å²) in [5.41, 5.74) is 3.10. The van der Waals surface area contributed by atoms with E-state index in [4.69, 9.17) is 5.11 Å². The summed E-state index contributed by atoms with van der Waals surface area (Å²) in [6, 6.07) is 8.65. The molecule has 0 unspecified atom stereocenters. The van der Waals surface area contributed by atoms with E-state index in [1.54, 1.807) is 54.3 Å². The second-order valence-corrected chi connectivity index (χ2v) is 9.41. The molecule has 164 valence electrons. The number of phenolic OH excluding ortho intramolecular Hbond substituents is 1. The lowest BCUT2D eigenvalue weighted by molar-refractivity contribution is 0.0696. The number of carboxylic acid groups (broad SMARTS) is 1. The molecule has 0 aliphatic rings. The van der Waals surface area contributed by atoms with Gasteiger partial charge in [-0.05, 0) is 74.2 Å². The van der Waals surface area contributed by atoms with Crippen LogP contribution in [0.2, 0.25) is 0 Å². The first-order valence-corrected chi connectivity index (χ1v) is 12.2. The maximum Gasteiger partial charge on any atom is 0.335 e. The molecule has 31 heavy (non-hydrogen) atoms. The molecule has 0 fully saturated rings. The minimum atomic E-state index is -0.951. The van der Waals surface area contributed by atoms with Crippen molar-refractivity contribution in [2.24, 2.45) is 0 Å². The summed E-state index contributed by atoms with van der Waals surface area (Å²) >= 11 is 3.38. The average molecular weight is 459 g/mol. The second kappa shape index (κ2) is 10.7. The molecule has 6 nitrogen and oxygen atoms in total. The Labute approximate surface area is 190 Å². The number of carboxylic acids is 1. The number of carbonyl (C=O) groups excluding carboxylic acids is 1. The van der Waals surface area contributed by atoms with Crippen LogP contribution in [0.1, 0.15) is 59.4 Å². The van der Waals surface area contributed by atoms with Gasteiger partial charge in [0, 0.05) is 16.2 Å². The van der Waals surface area contributed by atoms with Crippen molar-refractivity contribution < 1.29 is 19.8 Å². The molecule has 0 amide bonds. The molecule has 0 saturated carbocycles. The average Bonchev–Trinajstić information content (AvgIpc) is 3.14. The molecule has 0 atom stereocenters. The highest BCUT2D eigenvalue weighted by molar-refractivity contribution is 7.99. The Morgan fingerprint density at radius 1 is 1.13 bits per heavy atom. The zero-order chi connectivity index (χ0) is 22.4. The number of aromatic hydroxyl groups is 1. The maximum atomic E-state index is 11.7. The lowest BCUT2D eigenvalue weighted by Gasteiger charge is -2.13. The molecule has 2 aromatic carbocycles. The van der Waals surface area contributed by atoms with Gasteiger partial charge in [0.1, 0.15) is 12.1 Å². The molecule has 0 spiro atoms. The SMILES string of the molecule is CCCc1c(SCCCCSn2cnc3cc(C(=O)O)ccc32)ccc(C(C)=O)c1O. The Balaban J connectivity index is 1.51. The number of phenols is 1. The summed E-state index contributed by atoms with van der Waals surface area (Å²) in [7, 11) is 0. The van der Waals surface area contributed by atoms with E-state index < -0.39 is 5.97 Å². The molecular weight excluding hydrogens is 432 g/mol. The predicted octanol–water partition coefficient (Wildman–Crippen LogP) is 5.66. The number of thioether (sulfide) groups is 1. The Hall–Kier alpha value is -2.45. The van der Waals surface area contributed by atoms with Crippen LogP contribution in [0.25, 0.3) is 11.0 Å². The first kappa shape index (κ1) is 23.2. The number of ketones is 1. The number of aromatic nitrogens is 2. The first-order valence-electron chi connectivity index (χ1n) is 10.2. The van der Waals surface area contributed by atoms with Crippen molar-refractivity contribution >= 4 is 46.5 Å². The lowest BCUT2D eigenvalue weighted by atomic mass is 10.0. The topological polar surface area (TPSA) is 92.4 Å². The van der Waals surface area contributed by atoms with Gasteiger partial charge in [-0.25, -0.2) is 9.78 Å². The van der Waals surface area contributed by atoms with Gasteiger partial charge in [-0.1, -0.05) is 13.3 Å². The molecule has 8 heteroatoms. The van der Waals surface area contributed by atoms with Gasteiger partial charge in [0.15, 0.2) is 5.78 Å². The number of aromatic carboxylic acids is 1. The van der Waals surface area contributed by atoms with Gasteiger partial charge in [-0.3, -0.25) is 8.77 Å². The summed E-state index contributed by atoms with van der Waals surface area (Å²) in [5, 5.41) is 19.6. The maximum absolute atomic E-state index is 11.7. The van der Waals surface area contributed by atoms with Crippen molar-refractivity contribution in [1.82, 2.24) is 8.96 Å². The fourth-order valence-corrected chi connectivity index (χ4v) is 5.35. The number of carbonyl (C=O) groups is 2. The zero-order valence-corrected chi connectivity index (χ0v) is 19.3. The number of fused-ring (bicyclic) bond motifs is 1. The number of unbranched alkanes of at least 4 members (excludes halogenated alkanes) is 1. The molecule has 3 rings (SSSR count). The van der Waals surface area contributed by atoms with Gasteiger partial charge >= 0.3 is 5.97 Å². The van der Waals surface area contributed by atoms with Crippen LogP contribution < -0.4 is 0 Å². The van der Waals surface area contributed by atoms with Crippen LogP contribution in [0, 0.1) is 0 Å². The van der Waals surface area contributed by atoms with E-state index in [1.165, 1.54) is 6.92 Å². The van der Waals surface area contributed by atoms with Crippen LogP contribution in [-0.2, 0) is 6.42 Å². The van der Waals surface area contributed by atoms with E-state index in [2.05, 4.69) is 11.9 Å². The third-order valence-corrected chi connectivity index (χ3v) is 7.13. The summed E-state index contributed by atoms with van der Waals surface area (Å²) in [5.74, 6) is 0.918. The van der Waals surface area contributed by atoms with Gasteiger partial charge in [0.2, 0.25) is 0 Å². The fourth-order valence-electron chi connectivity index (χ4n) is 3.30. The molecule has 0 radical (unpaired) electrons. The normalized spacial score (nSPS) is 11.2. The van der Waals surface area contributed by atoms with E-state index in [0.29, 0.717) is 11.1 Å². The van der Waals surface area contributed by atoms with Crippen LogP contribution in [0.4, 0.5) is 0 Å². The molecular formula is C23H26N2O4S2. The first-order chi connectivity index (χ1) is 14.9. The van der Waals surface area contributed by atoms with Crippen molar-refractivity contribution in [2.45, 2.75) is 44.4 Å². The molecule has 0 aliphatic carbocycles. The summed E-state index contributed by atoms with van der Waals surface area (Å²) in [6.07, 6.45) is 5.43. The standard InChI is InChI=1S/C23H26N2O4S2/c1-3-6-18-21(10-8-17(15(2)26)22(18)27)30-11-4-5-12-31-25-14-24-19-13-16(23(28)29)7-9-20(19)25/h7-10,13-14,27H,3-6,11-12H2,1-2H3,(H,28,29). The van der Waals surface area contributed by atoms with E-state index in [1.807, 2.05) is 10.0 Å². The van der Waals surface area contributed by atoms with Gasteiger partial charge < -0.3 is 10.2 Å². The van der Waals surface area contributed by atoms with Gasteiger partial charge in [-0.15, -0.1) is 11.8 Å². The van der Waals surface area contributed by atoms with Crippen molar-refractivity contribution in [2.75, 3.05) is 11.5 Å². The van der Waals surface area contributed by atoms with Crippen molar-refractivity contribution in [1.29, 1.82) is 0 Å². The van der Waals surface area contributed by atoms with Crippen molar-refractivity contribution in [3.05, 3.63) is 53.3 Å². The molecule has 1 aromatic heterocycles. The van der Waals surface area contributed by atoms with Crippen LogP contribution in [0.3, 0.4) is 0 Å². The summed E-state index contributed by atoms with van der Waals surface area (Å²) in [6.45, 7) is 3.54. The largest absolute Gasteiger partial charge is 0.507 e. The molecule has 3 aromatic rings. The number of Topliss-reactive ketones (excluding diaryl/α,β-unsaturated/α-hetero) is 1. The van der Waals surface area contributed by atoms with Gasteiger partial charge in [0.05, 0.1) is 22.2 Å². The fraction of sp³-hybridized carbons (Fsp3) is 0.348. The van der Waals surface area contributed by atoms with E-state index in [0.717, 1.165) is 53.2 Å². The summed E-state index contributed by atoms with van der Waals surface area (Å²) < 4.78 is 1.98. The van der Waals surface area contributed by atoms with E-state index in [-0.39, 0.29) is 17.1 Å². The summed E-state index contributed by atoms with van der Waals surface area (Å²) in [4.78, 5) is 28.1. The van der Waals surface area contributed by atoms with E-state index in [9.17, 15) is 14.7 Å². The van der Waals surface area contributed by atoms with Crippen LogP contribution in [0.15, 0.2) is 41.6 Å². The Morgan fingerprint density at radius 3 is 2.61 bits per heavy atom. The van der Waals surface area contributed by atoms with Crippen molar-refractivity contribution in [3.63, 3.8) is 0 Å². The minimum absolute atomic E-state index is 0.116. The Morgan fingerprint density at radius 2 is 1.90 bits per heavy atom. The van der Waals surface area contributed by atoms with E-state index >= 15 is 0 Å². The van der Waals surface area contributed by atoms with Crippen LogP contribution >= 0.6 is 23.7 Å². The van der Waals surface area contributed by atoms with Gasteiger partial charge in [-0.2, -0.15) is 0 Å². The Bertz CT molecular complexity index is 1090. The number of hydrogen-bond acceptors (Lipinski definition) is 6. The minimum Gasteiger partial charge on any atom is -0.507 e. The Kier molecular flexibility index (Phi) is 8.03. The van der Waals surface area contributed by atoms with Crippen LogP contribution in [-0.4, -0.2) is 42.4 Å². The molecule has 0 bridgehead atoms. The molecule has 0 saturated heterocycles. The molecule has 1 heterocycles. The third kappa shape index (κ3) is 5.62. The lowest BCUT2D eigenvalue weighted by Crippen LogP contribution is -1.99. The highest BCUT2D eigenvalue weighted by Crippen LogP contribution is 2.34. The highest BCUT2D eigenvalue weighted by atomic mass is 32.2. The van der Waals surface area contributed by atoms with Crippen LogP contribution in [0.5, 0.6) is 5.75 Å².